The molecule has 2 atom stereocenters. The molecule has 1 amide bonds. The lowest BCUT2D eigenvalue weighted by atomic mass is 9.98. The van der Waals surface area contributed by atoms with E-state index in [-0.39, 0.29) is 48.2 Å². The molecule has 11 nitrogen and oxygen atoms in total. The van der Waals surface area contributed by atoms with Crippen LogP contribution in [0.2, 0.25) is 0 Å². The van der Waals surface area contributed by atoms with Gasteiger partial charge in [0.05, 0.1) is 34.1 Å². The van der Waals surface area contributed by atoms with Crippen LogP contribution in [0.1, 0.15) is 39.1 Å². The molecule has 1 fully saturated rings. The maximum atomic E-state index is 15.9. The van der Waals surface area contributed by atoms with E-state index in [0.717, 1.165) is 9.31 Å². The Kier molecular flexibility index (Phi) is 9.09. The van der Waals surface area contributed by atoms with Crippen LogP contribution >= 0.6 is 11.3 Å². The average molecular weight is 610 g/mol. The number of anilines is 2. The summed E-state index contributed by atoms with van der Waals surface area (Å²) in [6.45, 7) is 7.80. The lowest BCUT2D eigenvalue weighted by Crippen LogP contribution is -2.37. The van der Waals surface area contributed by atoms with E-state index in [2.05, 4.69) is 30.1 Å². The molecule has 3 N–H and O–H groups in total. The molecule has 0 aliphatic carbocycles. The van der Waals surface area contributed by atoms with E-state index in [1.54, 1.807) is 19.2 Å². The highest BCUT2D eigenvalue weighted by molar-refractivity contribution is 7.90. The van der Waals surface area contributed by atoms with Gasteiger partial charge >= 0.3 is 16.3 Å². The summed E-state index contributed by atoms with van der Waals surface area (Å²) in [6.07, 6.45) is -0.164. The Morgan fingerprint density at radius 1 is 1.27 bits per heavy atom. The Labute approximate surface area is 241 Å². The number of carbonyl (C=O) groups excluding carboxylic acids is 1. The van der Waals surface area contributed by atoms with Crippen molar-refractivity contribution in [2.75, 3.05) is 36.8 Å². The standard InChI is InChI=1S/C26H33F2N7O4S2/c1-15(31-25(36)39-5)13-30-24-29-11-9-19(32-24)22-21(33-23(40-22)26(2,3)4)17-7-6-8-18(20(17)28)34-41(37,38)35-12-10-16(27)14-35/h6-9,11,15-16,34H,10,12-14H2,1-5H3,(H,31,36)(H,29,30,32)/t15-,16+/m0/s1. The van der Waals surface area contributed by atoms with E-state index in [1.165, 1.54) is 36.6 Å². The van der Waals surface area contributed by atoms with Gasteiger partial charge in [-0.3, -0.25) is 4.72 Å². The third kappa shape index (κ3) is 7.26. The molecule has 1 aliphatic rings. The predicted octanol–water partition coefficient (Wildman–Crippen LogP) is 4.56. The van der Waals surface area contributed by atoms with Crippen molar-refractivity contribution in [1.29, 1.82) is 0 Å². The molecule has 0 radical (unpaired) electrons. The monoisotopic (exact) mass is 609 g/mol. The molecule has 0 bridgehead atoms. The zero-order valence-corrected chi connectivity index (χ0v) is 25.0. The Morgan fingerprint density at radius 3 is 2.68 bits per heavy atom. The van der Waals surface area contributed by atoms with Gasteiger partial charge in [-0.2, -0.15) is 12.7 Å². The number of hydrogen-bond acceptors (Lipinski definition) is 9. The Balaban J connectivity index is 1.68. The Bertz CT molecular complexity index is 1510. The largest absolute Gasteiger partial charge is 0.453 e. The summed E-state index contributed by atoms with van der Waals surface area (Å²) in [5, 5.41) is 6.44. The summed E-state index contributed by atoms with van der Waals surface area (Å²) in [5.74, 6) is -0.523. The number of methoxy groups -OCH3 is 1. The lowest BCUT2D eigenvalue weighted by molar-refractivity contribution is 0.168. The number of halogens is 2. The highest BCUT2D eigenvalue weighted by Gasteiger charge is 2.32. The number of nitrogens with one attached hydrogen (secondary N) is 3. The number of rotatable bonds is 9. The van der Waals surface area contributed by atoms with Crippen LogP contribution in [0.15, 0.2) is 30.5 Å². The van der Waals surface area contributed by atoms with Gasteiger partial charge in [0.15, 0.2) is 5.82 Å². The maximum absolute atomic E-state index is 15.9. The summed E-state index contributed by atoms with van der Waals surface area (Å²) < 4.78 is 63.0. The molecule has 3 heterocycles. The zero-order valence-electron chi connectivity index (χ0n) is 23.4. The number of hydrogen-bond donors (Lipinski definition) is 3. The van der Waals surface area contributed by atoms with Gasteiger partial charge in [0.1, 0.15) is 6.17 Å². The van der Waals surface area contributed by atoms with Crippen LogP contribution < -0.4 is 15.4 Å². The number of ether oxygens (including phenoxy) is 1. The van der Waals surface area contributed by atoms with Crippen molar-refractivity contribution in [3.05, 3.63) is 41.3 Å². The fourth-order valence-electron chi connectivity index (χ4n) is 4.03. The van der Waals surface area contributed by atoms with Gasteiger partial charge in [-0.25, -0.2) is 28.5 Å². The zero-order chi connectivity index (χ0) is 29.9. The minimum Gasteiger partial charge on any atom is -0.453 e. The van der Waals surface area contributed by atoms with Crippen molar-refractivity contribution in [3.8, 4) is 21.8 Å². The number of alkyl carbamates (subject to hydrolysis) is 1. The van der Waals surface area contributed by atoms with Crippen molar-refractivity contribution in [2.24, 2.45) is 0 Å². The number of amides is 1. The first-order valence-corrected chi connectivity index (χ1v) is 15.2. The van der Waals surface area contributed by atoms with Crippen LogP contribution in [0, 0.1) is 5.82 Å². The summed E-state index contributed by atoms with van der Waals surface area (Å²) in [5.41, 5.74) is 0.234. The third-order valence-electron chi connectivity index (χ3n) is 6.20. The fraction of sp³-hybridized carbons (Fsp3) is 0.462. The molecule has 2 aromatic heterocycles. The summed E-state index contributed by atoms with van der Waals surface area (Å²) in [7, 11) is -2.87. The van der Waals surface area contributed by atoms with Gasteiger partial charge in [0, 0.05) is 42.9 Å². The fourth-order valence-corrected chi connectivity index (χ4v) is 6.40. The van der Waals surface area contributed by atoms with Crippen LogP contribution in [-0.4, -0.2) is 72.7 Å². The van der Waals surface area contributed by atoms with E-state index in [9.17, 15) is 17.6 Å². The van der Waals surface area contributed by atoms with E-state index < -0.39 is 28.3 Å². The van der Waals surface area contributed by atoms with Crippen molar-refractivity contribution in [3.63, 3.8) is 0 Å². The van der Waals surface area contributed by atoms with Crippen molar-refractivity contribution in [1.82, 2.24) is 24.6 Å². The molecule has 15 heteroatoms. The van der Waals surface area contributed by atoms with Gasteiger partial charge in [0.2, 0.25) is 5.95 Å². The first-order chi connectivity index (χ1) is 19.3. The molecule has 0 spiro atoms. The maximum Gasteiger partial charge on any atom is 0.407 e. The van der Waals surface area contributed by atoms with Gasteiger partial charge in [-0.05, 0) is 31.5 Å². The predicted molar refractivity (Wildman–Crippen MR) is 154 cm³/mol. The number of alkyl halides is 1. The van der Waals surface area contributed by atoms with E-state index >= 15 is 4.39 Å². The van der Waals surface area contributed by atoms with Gasteiger partial charge in [-0.15, -0.1) is 11.3 Å². The lowest BCUT2D eigenvalue weighted by Gasteiger charge is -2.18. The van der Waals surface area contributed by atoms with E-state index in [0.29, 0.717) is 22.8 Å². The molecule has 0 saturated carbocycles. The smallest absolute Gasteiger partial charge is 0.407 e. The number of benzene rings is 1. The van der Waals surface area contributed by atoms with Crippen LogP contribution in [-0.2, 0) is 20.4 Å². The van der Waals surface area contributed by atoms with Crippen molar-refractivity contribution in [2.45, 2.75) is 51.7 Å². The first kappa shape index (κ1) is 30.5. The normalized spacial score (nSPS) is 16.8. The molecule has 1 aromatic carbocycles. The number of thiazole rings is 1. The minimum atomic E-state index is -4.15. The molecular formula is C26H33F2N7O4S2. The molecule has 1 aliphatic heterocycles. The third-order valence-corrected chi connectivity index (χ3v) is 9.19. The minimum absolute atomic E-state index is 0.0184. The highest BCUT2D eigenvalue weighted by atomic mass is 32.2. The molecule has 3 aromatic rings. The number of nitrogens with zero attached hydrogens (tertiary/aromatic N) is 4. The highest BCUT2D eigenvalue weighted by Crippen LogP contribution is 2.42. The van der Waals surface area contributed by atoms with Gasteiger partial charge in [-0.1, -0.05) is 26.8 Å². The van der Waals surface area contributed by atoms with E-state index in [1.807, 2.05) is 20.8 Å². The second-order valence-corrected chi connectivity index (χ2v) is 13.3. The topological polar surface area (TPSA) is 138 Å². The summed E-state index contributed by atoms with van der Waals surface area (Å²) >= 11 is 1.35. The van der Waals surface area contributed by atoms with Crippen LogP contribution in [0.25, 0.3) is 21.8 Å². The van der Waals surface area contributed by atoms with E-state index in [4.69, 9.17) is 4.98 Å². The molecular weight excluding hydrogens is 576 g/mol. The van der Waals surface area contributed by atoms with Crippen molar-refractivity contribution < 1.29 is 26.7 Å². The van der Waals surface area contributed by atoms with Crippen LogP contribution in [0.5, 0.6) is 0 Å². The number of aromatic nitrogens is 3. The molecule has 41 heavy (non-hydrogen) atoms. The van der Waals surface area contributed by atoms with Crippen LogP contribution in [0.4, 0.5) is 25.2 Å². The SMILES string of the molecule is COC(=O)N[C@@H](C)CNc1nccc(-c2sc(C(C)(C)C)nc2-c2cccc(NS(=O)(=O)N3CC[C@@H](F)C3)c2F)n1. The van der Waals surface area contributed by atoms with Gasteiger partial charge < -0.3 is 15.4 Å². The quantitative estimate of drug-likeness (QED) is 0.321. The Morgan fingerprint density at radius 2 is 2.02 bits per heavy atom. The Hall–Kier alpha value is -3.43. The second-order valence-electron chi connectivity index (χ2n) is 10.6. The molecule has 0 unspecified atom stereocenters. The first-order valence-electron chi connectivity index (χ1n) is 12.9. The van der Waals surface area contributed by atoms with Crippen molar-refractivity contribution >= 4 is 39.3 Å². The molecule has 1 saturated heterocycles. The average Bonchev–Trinajstić information content (AvgIpc) is 3.56. The molecule has 4 rings (SSSR count). The van der Waals surface area contributed by atoms with Gasteiger partial charge in [0.25, 0.3) is 0 Å². The van der Waals surface area contributed by atoms with Crippen LogP contribution in [0.3, 0.4) is 0 Å². The number of carbonyl (C=O) groups is 1. The molecule has 222 valence electrons. The summed E-state index contributed by atoms with van der Waals surface area (Å²) in [6, 6.07) is 5.76. The second kappa shape index (κ2) is 12.2. The summed E-state index contributed by atoms with van der Waals surface area (Å²) in [4.78, 5) is 25.6.